The van der Waals surface area contributed by atoms with Crippen LogP contribution in [0.15, 0.2) is 47.0 Å². The number of likely N-dealkylation sites (tertiary alicyclic amines) is 1. The third-order valence-corrected chi connectivity index (χ3v) is 7.29. The second-order valence-corrected chi connectivity index (χ2v) is 9.62. The van der Waals surface area contributed by atoms with Crippen molar-refractivity contribution in [3.05, 3.63) is 65.3 Å². The van der Waals surface area contributed by atoms with Crippen molar-refractivity contribution in [2.24, 2.45) is 5.92 Å². The van der Waals surface area contributed by atoms with E-state index in [1.54, 1.807) is 12.1 Å². The second-order valence-electron chi connectivity index (χ2n) is 9.62. The number of benzene rings is 2. The zero-order valence-corrected chi connectivity index (χ0v) is 20.4. The summed E-state index contributed by atoms with van der Waals surface area (Å²) in [5, 5.41) is 4.04. The Balaban J connectivity index is 1.16. The number of halogens is 1. The molecular weight excluding hydrogens is 445 g/mol. The molecule has 0 aliphatic carbocycles. The van der Waals surface area contributed by atoms with Crippen LogP contribution in [0.1, 0.15) is 29.9 Å². The summed E-state index contributed by atoms with van der Waals surface area (Å²) >= 11 is 0. The van der Waals surface area contributed by atoms with Gasteiger partial charge in [-0.15, -0.1) is 0 Å². The minimum absolute atomic E-state index is 0.00417. The Hall–Kier alpha value is -3.26. The van der Waals surface area contributed by atoms with Crippen molar-refractivity contribution >= 4 is 11.6 Å². The Kier molecular flexibility index (Phi) is 6.81. The maximum absolute atomic E-state index is 13.3. The molecular formula is C27H32FN5O2. The molecule has 35 heavy (non-hydrogen) atoms. The van der Waals surface area contributed by atoms with Gasteiger partial charge in [0.25, 0.3) is 0 Å². The molecule has 2 fully saturated rings. The number of piperazine rings is 1. The van der Waals surface area contributed by atoms with Gasteiger partial charge in [0.15, 0.2) is 0 Å². The fraction of sp³-hybridized carbons (Fsp3) is 0.444. The molecule has 7 nitrogen and oxygen atoms in total. The minimum Gasteiger partial charge on any atom is -0.368 e. The standard InChI is InChI=1S/C27H32FN5O2/c1-19-5-3-7-24(20(19)2)32-13-15-33(16-14-32)27(34)22-6-4-12-31(17-22)18-25-29-26(30-35-25)21-8-10-23(28)11-9-21/h3,5,7-11,22H,4,6,12-18H2,1-2H3. The average Bonchev–Trinajstić information content (AvgIpc) is 3.34. The Labute approximate surface area is 205 Å². The molecule has 1 aromatic heterocycles. The van der Waals surface area contributed by atoms with E-state index < -0.39 is 0 Å². The summed E-state index contributed by atoms with van der Waals surface area (Å²) in [6, 6.07) is 12.5. The van der Waals surface area contributed by atoms with Crippen molar-refractivity contribution in [3.8, 4) is 11.4 Å². The number of carbonyl (C=O) groups is 1. The number of nitrogens with zero attached hydrogens (tertiary/aromatic N) is 5. The number of hydrogen-bond acceptors (Lipinski definition) is 6. The van der Waals surface area contributed by atoms with E-state index in [1.165, 1.54) is 28.9 Å². The first kappa shape index (κ1) is 23.5. The number of carbonyl (C=O) groups excluding carboxylic acids is 1. The molecule has 1 amide bonds. The smallest absolute Gasteiger partial charge is 0.241 e. The van der Waals surface area contributed by atoms with Gasteiger partial charge >= 0.3 is 0 Å². The number of rotatable bonds is 5. The number of piperidine rings is 1. The lowest BCUT2D eigenvalue weighted by Crippen LogP contribution is -2.52. The predicted octanol–water partition coefficient (Wildman–Crippen LogP) is 4.05. The van der Waals surface area contributed by atoms with Gasteiger partial charge in [0.1, 0.15) is 5.82 Å². The third-order valence-electron chi connectivity index (χ3n) is 7.29. The maximum atomic E-state index is 13.3. The highest BCUT2D eigenvalue weighted by Gasteiger charge is 2.32. The van der Waals surface area contributed by atoms with E-state index in [4.69, 9.17) is 4.52 Å². The molecule has 0 radical (unpaired) electrons. The summed E-state index contributed by atoms with van der Waals surface area (Å²) in [4.78, 5) is 24.5. The molecule has 1 atom stereocenters. The normalized spacial score (nSPS) is 19.2. The summed E-state index contributed by atoms with van der Waals surface area (Å²) in [5.74, 6) is 0.919. The van der Waals surface area contributed by atoms with Gasteiger partial charge in [-0.2, -0.15) is 4.98 Å². The predicted molar refractivity (Wildman–Crippen MR) is 132 cm³/mol. The van der Waals surface area contributed by atoms with E-state index in [9.17, 15) is 9.18 Å². The molecule has 5 rings (SSSR count). The Morgan fingerprint density at radius 1 is 1.06 bits per heavy atom. The van der Waals surface area contributed by atoms with Crippen LogP contribution in [0.5, 0.6) is 0 Å². The molecule has 3 heterocycles. The highest BCUT2D eigenvalue weighted by molar-refractivity contribution is 5.79. The van der Waals surface area contributed by atoms with Gasteiger partial charge in [0.2, 0.25) is 17.6 Å². The number of aryl methyl sites for hydroxylation is 1. The molecule has 3 aromatic rings. The molecule has 1 unspecified atom stereocenters. The topological polar surface area (TPSA) is 65.7 Å². The first-order valence-corrected chi connectivity index (χ1v) is 12.4. The number of anilines is 1. The van der Waals surface area contributed by atoms with Gasteiger partial charge in [0, 0.05) is 44.0 Å². The molecule has 2 aromatic carbocycles. The van der Waals surface area contributed by atoms with E-state index in [2.05, 4.69) is 52.0 Å². The Bertz CT molecular complexity index is 1170. The van der Waals surface area contributed by atoms with Crippen LogP contribution in [-0.4, -0.2) is 65.1 Å². The summed E-state index contributed by atoms with van der Waals surface area (Å²) in [7, 11) is 0. The Morgan fingerprint density at radius 2 is 1.83 bits per heavy atom. The van der Waals surface area contributed by atoms with E-state index in [0.29, 0.717) is 30.4 Å². The molecule has 0 spiro atoms. The van der Waals surface area contributed by atoms with Crippen molar-refractivity contribution < 1.29 is 13.7 Å². The maximum Gasteiger partial charge on any atom is 0.241 e. The first-order chi connectivity index (χ1) is 17.0. The number of amides is 1. The number of aromatic nitrogens is 2. The Morgan fingerprint density at radius 3 is 2.60 bits per heavy atom. The fourth-order valence-electron chi connectivity index (χ4n) is 5.13. The van der Waals surface area contributed by atoms with Crippen LogP contribution in [0, 0.1) is 25.6 Å². The van der Waals surface area contributed by atoms with Crippen molar-refractivity contribution in [1.29, 1.82) is 0 Å². The quantitative estimate of drug-likeness (QED) is 0.552. The highest BCUT2D eigenvalue weighted by atomic mass is 19.1. The van der Waals surface area contributed by atoms with E-state index in [-0.39, 0.29) is 17.6 Å². The molecule has 0 saturated carbocycles. The van der Waals surface area contributed by atoms with Gasteiger partial charge in [0.05, 0.1) is 12.5 Å². The van der Waals surface area contributed by atoms with Crippen molar-refractivity contribution in [2.45, 2.75) is 33.2 Å². The summed E-state index contributed by atoms with van der Waals surface area (Å²) in [6.45, 7) is 9.67. The largest absolute Gasteiger partial charge is 0.368 e. The van der Waals surface area contributed by atoms with Crippen molar-refractivity contribution in [2.75, 3.05) is 44.2 Å². The monoisotopic (exact) mass is 477 g/mol. The van der Waals surface area contributed by atoms with Gasteiger partial charge in [-0.05, 0) is 74.7 Å². The van der Waals surface area contributed by atoms with Crippen molar-refractivity contribution in [1.82, 2.24) is 19.9 Å². The van der Waals surface area contributed by atoms with Gasteiger partial charge in [-0.1, -0.05) is 17.3 Å². The first-order valence-electron chi connectivity index (χ1n) is 12.4. The van der Waals surface area contributed by atoms with Gasteiger partial charge in [-0.3, -0.25) is 9.69 Å². The molecule has 2 aliphatic rings. The zero-order chi connectivity index (χ0) is 24.4. The zero-order valence-electron chi connectivity index (χ0n) is 20.4. The van der Waals surface area contributed by atoms with Crippen LogP contribution in [0.3, 0.4) is 0 Å². The van der Waals surface area contributed by atoms with E-state index >= 15 is 0 Å². The minimum atomic E-state index is -0.298. The molecule has 2 saturated heterocycles. The molecule has 184 valence electrons. The lowest BCUT2D eigenvalue weighted by atomic mass is 9.96. The summed E-state index contributed by atoms with van der Waals surface area (Å²) < 4.78 is 18.6. The highest BCUT2D eigenvalue weighted by Crippen LogP contribution is 2.26. The van der Waals surface area contributed by atoms with Crippen molar-refractivity contribution in [3.63, 3.8) is 0 Å². The number of hydrogen-bond donors (Lipinski definition) is 0. The van der Waals surface area contributed by atoms with Crippen LogP contribution in [0.4, 0.5) is 10.1 Å². The van der Waals surface area contributed by atoms with Gasteiger partial charge in [-0.25, -0.2) is 4.39 Å². The van der Waals surface area contributed by atoms with Crippen LogP contribution >= 0.6 is 0 Å². The lowest BCUT2D eigenvalue weighted by molar-refractivity contribution is -0.137. The molecule has 0 N–H and O–H groups in total. The molecule has 8 heteroatoms. The average molecular weight is 478 g/mol. The fourth-order valence-corrected chi connectivity index (χ4v) is 5.13. The van der Waals surface area contributed by atoms with Gasteiger partial charge < -0.3 is 14.3 Å². The second kappa shape index (κ2) is 10.2. The third kappa shape index (κ3) is 5.22. The van der Waals surface area contributed by atoms with Crippen LogP contribution in [0.2, 0.25) is 0 Å². The van der Waals surface area contributed by atoms with Crippen LogP contribution in [0.25, 0.3) is 11.4 Å². The van der Waals surface area contributed by atoms with Crippen LogP contribution < -0.4 is 4.90 Å². The summed E-state index contributed by atoms with van der Waals surface area (Å²) in [6.07, 6.45) is 1.88. The lowest BCUT2D eigenvalue weighted by Gasteiger charge is -2.40. The van der Waals surface area contributed by atoms with E-state index in [1.807, 2.05) is 4.90 Å². The SMILES string of the molecule is Cc1cccc(N2CCN(C(=O)C3CCCN(Cc4nc(-c5ccc(F)cc5)no4)C3)CC2)c1C. The summed E-state index contributed by atoms with van der Waals surface area (Å²) in [5.41, 5.74) is 4.61. The van der Waals surface area contributed by atoms with Crippen LogP contribution in [-0.2, 0) is 11.3 Å². The van der Waals surface area contributed by atoms with E-state index in [0.717, 1.165) is 45.6 Å². The molecule has 0 bridgehead atoms. The molecule has 2 aliphatic heterocycles.